The van der Waals surface area contributed by atoms with Gasteiger partial charge in [0.05, 0.1) is 6.61 Å². The first-order chi connectivity index (χ1) is 4.12. The molecule has 0 aliphatic rings. The van der Waals surface area contributed by atoms with Gasteiger partial charge in [0.15, 0.2) is 6.49 Å². The Hall–Kier alpha value is 0.570. The van der Waals surface area contributed by atoms with Gasteiger partial charge in [-0.15, -0.1) is 0 Å². The molecule has 0 heterocycles. The SMILES string of the molecule is CCCOP(C)(=S)OC. The van der Waals surface area contributed by atoms with Crippen LogP contribution in [-0.2, 0) is 20.9 Å². The second kappa shape index (κ2) is 4.40. The van der Waals surface area contributed by atoms with E-state index in [1.165, 1.54) is 0 Å². The summed E-state index contributed by atoms with van der Waals surface area (Å²) in [5, 5.41) is 0. The lowest BCUT2D eigenvalue weighted by Gasteiger charge is -2.13. The molecule has 1 unspecified atom stereocenters. The van der Waals surface area contributed by atoms with Gasteiger partial charge in [-0.25, -0.2) is 0 Å². The van der Waals surface area contributed by atoms with Gasteiger partial charge in [0.2, 0.25) is 0 Å². The van der Waals surface area contributed by atoms with Crippen molar-refractivity contribution < 1.29 is 9.05 Å². The molecule has 0 aliphatic heterocycles. The summed E-state index contributed by atoms with van der Waals surface area (Å²) in [6, 6.07) is 0. The maximum Gasteiger partial charge on any atom is 0.185 e. The van der Waals surface area contributed by atoms with E-state index in [0.717, 1.165) is 6.42 Å². The van der Waals surface area contributed by atoms with Crippen LogP contribution in [0.25, 0.3) is 0 Å². The van der Waals surface area contributed by atoms with Gasteiger partial charge in [-0.2, -0.15) is 0 Å². The van der Waals surface area contributed by atoms with Crippen molar-refractivity contribution in [1.82, 2.24) is 0 Å². The fourth-order valence-corrected chi connectivity index (χ4v) is 1.15. The van der Waals surface area contributed by atoms with Gasteiger partial charge in [-0.3, -0.25) is 0 Å². The highest BCUT2D eigenvalue weighted by Gasteiger charge is 2.05. The van der Waals surface area contributed by atoms with Crippen molar-refractivity contribution in [2.45, 2.75) is 13.3 Å². The van der Waals surface area contributed by atoms with Gasteiger partial charge in [-0.1, -0.05) is 6.92 Å². The quantitative estimate of drug-likeness (QED) is 0.598. The first kappa shape index (κ1) is 9.57. The molecule has 4 heteroatoms. The van der Waals surface area contributed by atoms with Gasteiger partial charge >= 0.3 is 0 Å². The molecule has 0 saturated heterocycles. The third kappa shape index (κ3) is 5.04. The van der Waals surface area contributed by atoms with E-state index in [1.807, 2.05) is 13.6 Å². The highest BCUT2D eigenvalue weighted by molar-refractivity contribution is 8.09. The van der Waals surface area contributed by atoms with E-state index < -0.39 is 6.49 Å². The minimum absolute atomic E-state index is 0.710. The normalized spacial score (nSPS) is 17.2. The van der Waals surface area contributed by atoms with Gasteiger partial charge in [0.25, 0.3) is 0 Å². The molecule has 0 bridgehead atoms. The maximum atomic E-state index is 5.23. The molecule has 9 heavy (non-hydrogen) atoms. The lowest BCUT2D eigenvalue weighted by atomic mass is 10.5. The van der Waals surface area contributed by atoms with Crippen molar-refractivity contribution in [3.05, 3.63) is 0 Å². The van der Waals surface area contributed by atoms with Crippen molar-refractivity contribution in [2.75, 3.05) is 20.4 Å². The van der Waals surface area contributed by atoms with Crippen LogP contribution in [0.15, 0.2) is 0 Å². The average Bonchev–Trinajstić information content (AvgIpc) is 1.84. The summed E-state index contributed by atoms with van der Waals surface area (Å²) >= 11 is 4.98. The Balaban J connectivity index is 3.46. The Labute approximate surface area is 61.7 Å². The fraction of sp³-hybridized carbons (Fsp3) is 1.00. The zero-order valence-electron chi connectivity index (χ0n) is 6.09. The standard InChI is InChI=1S/C5H13O2PS/c1-4-5-7-8(3,9)6-2/h4-5H2,1-3H3. The van der Waals surface area contributed by atoms with Crippen LogP contribution < -0.4 is 0 Å². The van der Waals surface area contributed by atoms with Gasteiger partial charge in [-0.05, 0) is 18.2 Å². The van der Waals surface area contributed by atoms with Crippen LogP contribution in [0.2, 0.25) is 0 Å². The van der Waals surface area contributed by atoms with Crippen LogP contribution in [-0.4, -0.2) is 20.4 Å². The third-order valence-electron chi connectivity index (χ3n) is 0.862. The van der Waals surface area contributed by atoms with Crippen LogP contribution in [0.3, 0.4) is 0 Å². The van der Waals surface area contributed by atoms with E-state index in [9.17, 15) is 0 Å². The molecular formula is C5H13O2PS. The van der Waals surface area contributed by atoms with E-state index >= 15 is 0 Å². The molecule has 0 N–H and O–H groups in total. The second-order valence-corrected chi connectivity index (χ2v) is 5.94. The topological polar surface area (TPSA) is 18.5 Å². The van der Waals surface area contributed by atoms with Gasteiger partial charge in [0.1, 0.15) is 0 Å². The molecule has 0 saturated carbocycles. The Morgan fingerprint density at radius 1 is 1.56 bits per heavy atom. The third-order valence-corrected chi connectivity index (χ3v) is 2.94. The summed E-state index contributed by atoms with van der Waals surface area (Å²) in [6.45, 7) is 2.73. The van der Waals surface area contributed by atoms with Crippen LogP contribution in [0.1, 0.15) is 13.3 Å². The van der Waals surface area contributed by atoms with E-state index in [-0.39, 0.29) is 0 Å². The average molecular weight is 168 g/mol. The van der Waals surface area contributed by atoms with Crippen LogP contribution >= 0.6 is 6.49 Å². The molecule has 2 nitrogen and oxygen atoms in total. The predicted octanol–water partition coefficient (Wildman–Crippen LogP) is 2.00. The molecular weight excluding hydrogens is 155 g/mol. The van der Waals surface area contributed by atoms with E-state index in [1.54, 1.807) is 7.11 Å². The largest absolute Gasteiger partial charge is 0.333 e. The van der Waals surface area contributed by atoms with E-state index in [0.29, 0.717) is 6.61 Å². The molecule has 0 radical (unpaired) electrons. The fourth-order valence-electron chi connectivity index (χ4n) is 0.310. The molecule has 0 aliphatic carbocycles. The summed E-state index contributed by atoms with van der Waals surface area (Å²) in [4.78, 5) is 0. The molecule has 0 aromatic heterocycles. The molecule has 0 fully saturated rings. The number of hydrogen-bond acceptors (Lipinski definition) is 3. The van der Waals surface area contributed by atoms with Crippen molar-refractivity contribution in [1.29, 1.82) is 0 Å². The van der Waals surface area contributed by atoms with Crippen LogP contribution in [0, 0.1) is 0 Å². The summed E-state index contributed by atoms with van der Waals surface area (Å²) < 4.78 is 10.2. The Kier molecular flexibility index (Phi) is 4.67. The molecule has 0 aromatic rings. The van der Waals surface area contributed by atoms with Crippen molar-refractivity contribution in [3.63, 3.8) is 0 Å². The minimum atomic E-state index is -1.86. The number of rotatable bonds is 4. The zero-order chi connectivity index (χ0) is 7.33. The maximum absolute atomic E-state index is 5.23. The molecule has 56 valence electrons. The highest BCUT2D eigenvalue weighted by atomic mass is 32.5. The van der Waals surface area contributed by atoms with Crippen LogP contribution in [0.5, 0.6) is 0 Å². The summed E-state index contributed by atoms with van der Waals surface area (Å²) in [7, 11) is 1.59. The summed E-state index contributed by atoms with van der Waals surface area (Å²) in [5.74, 6) is 0. The van der Waals surface area contributed by atoms with E-state index in [2.05, 4.69) is 0 Å². The number of hydrogen-bond donors (Lipinski definition) is 0. The first-order valence-electron chi connectivity index (χ1n) is 2.90. The monoisotopic (exact) mass is 168 g/mol. The smallest absolute Gasteiger partial charge is 0.185 e. The van der Waals surface area contributed by atoms with Gasteiger partial charge < -0.3 is 9.05 Å². The zero-order valence-corrected chi connectivity index (χ0v) is 7.80. The first-order valence-corrected chi connectivity index (χ1v) is 5.98. The lowest BCUT2D eigenvalue weighted by molar-refractivity contribution is 0.285. The van der Waals surface area contributed by atoms with E-state index in [4.69, 9.17) is 20.9 Å². The summed E-state index contributed by atoms with van der Waals surface area (Å²) in [6.07, 6.45) is 0.996. The second-order valence-electron chi connectivity index (χ2n) is 1.79. The van der Waals surface area contributed by atoms with Crippen molar-refractivity contribution in [2.24, 2.45) is 0 Å². The Morgan fingerprint density at radius 2 is 2.11 bits per heavy atom. The molecule has 0 amide bonds. The molecule has 0 rings (SSSR count). The van der Waals surface area contributed by atoms with Gasteiger partial charge in [0, 0.05) is 13.8 Å². The van der Waals surface area contributed by atoms with Crippen molar-refractivity contribution in [3.8, 4) is 0 Å². The Morgan fingerprint density at radius 3 is 2.44 bits per heavy atom. The molecule has 1 atom stereocenters. The molecule has 0 spiro atoms. The predicted molar refractivity (Wildman–Crippen MR) is 43.5 cm³/mol. The van der Waals surface area contributed by atoms with Crippen LogP contribution in [0.4, 0.5) is 0 Å². The van der Waals surface area contributed by atoms with Crippen molar-refractivity contribution >= 4 is 18.3 Å². The molecule has 0 aromatic carbocycles. The summed E-state index contributed by atoms with van der Waals surface area (Å²) in [5.41, 5.74) is 0. The Bertz CT molecular complexity index is 116. The minimum Gasteiger partial charge on any atom is -0.333 e. The lowest BCUT2D eigenvalue weighted by Crippen LogP contribution is -1.90. The highest BCUT2D eigenvalue weighted by Crippen LogP contribution is 2.42.